The second-order valence-corrected chi connectivity index (χ2v) is 2.56. The first-order valence-electron chi connectivity index (χ1n) is 3.92. The van der Waals surface area contributed by atoms with Crippen molar-refractivity contribution in [3.8, 4) is 0 Å². The maximum absolute atomic E-state index is 11.5. The van der Waals surface area contributed by atoms with Crippen LogP contribution in [0.3, 0.4) is 0 Å². The molecule has 0 aliphatic carbocycles. The van der Waals surface area contributed by atoms with Gasteiger partial charge in [-0.1, -0.05) is 6.42 Å². The third kappa shape index (κ3) is 9.07. The van der Waals surface area contributed by atoms with Gasteiger partial charge in [-0.2, -0.15) is 8.78 Å². The number of hydrogen-bond acceptors (Lipinski definition) is 1. The Morgan fingerprint density at radius 2 is 1.92 bits per heavy atom. The molecule has 0 saturated heterocycles. The van der Waals surface area contributed by atoms with Crippen LogP contribution in [0.5, 0.6) is 0 Å². The number of carbonyl (C=O) groups excluding carboxylic acids is 1. The lowest BCUT2D eigenvalue weighted by atomic mass is 10.1. The van der Waals surface area contributed by atoms with E-state index in [1.54, 1.807) is 0 Å². The fourth-order valence-electron chi connectivity index (χ4n) is 0.832. The fraction of sp³-hybridized carbons (Fsp3) is 0.625. The molecular formula is C8H13F2NO. The molecule has 0 aromatic rings. The summed E-state index contributed by atoms with van der Waals surface area (Å²) in [7, 11) is 0. The van der Waals surface area contributed by atoms with Crippen molar-refractivity contribution in [3.63, 3.8) is 0 Å². The molecule has 0 radical (unpaired) electrons. The van der Waals surface area contributed by atoms with Crippen LogP contribution in [0.25, 0.3) is 0 Å². The SMILES string of the molecule is NC(=O)CCCCCC=C(F)F. The molecule has 0 saturated carbocycles. The molecule has 0 fully saturated rings. The standard InChI is InChI=1S/C8H13F2NO/c9-7(10)5-3-1-2-4-6-8(11)12/h5H,1-4,6H2,(H2,11,12). The van der Waals surface area contributed by atoms with Gasteiger partial charge in [0, 0.05) is 6.42 Å². The van der Waals surface area contributed by atoms with E-state index in [2.05, 4.69) is 0 Å². The second-order valence-electron chi connectivity index (χ2n) is 2.56. The topological polar surface area (TPSA) is 43.1 Å². The Labute approximate surface area is 70.4 Å². The van der Waals surface area contributed by atoms with Crippen LogP contribution in [-0.2, 0) is 4.79 Å². The Morgan fingerprint density at radius 1 is 1.25 bits per heavy atom. The number of halogens is 2. The number of unbranched alkanes of at least 4 members (excludes halogenated alkanes) is 3. The number of amides is 1. The highest BCUT2D eigenvalue weighted by Gasteiger charge is 1.94. The van der Waals surface area contributed by atoms with Crippen LogP contribution in [0.2, 0.25) is 0 Å². The van der Waals surface area contributed by atoms with Crippen LogP contribution < -0.4 is 5.73 Å². The predicted molar refractivity (Wildman–Crippen MR) is 42.6 cm³/mol. The first kappa shape index (κ1) is 11.1. The molecule has 0 spiro atoms. The molecule has 12 heavy (non-hydrogen) atoms. The first-order chi connectivity index (χ1) is 5.63. The summed E-state index contributed by atoms with van der Waals surface area (Å²) in [4.78, 5) is 10.2. The molecule has 0 aliphatic heterocycles. The molecule has 0 aromatic heterocycles. The minimum absolute atomic E-state index is 0.331. The van der Waals surface area contributed by atoms with Crippen molar-refractivity contribution >= 4 is 5.91 Å². The third-order valence-corrected chi connectivity index (χ3v) is 1.43. The Hall–Kier alpha value is -0.930. The van der Waals surface area contributed by atoms with Crippen molar-refractivity contribution in [2.24, 2.45) is 5.73 Å². The van der Waals surface area contributed by atoms with Crippen molar-refractivity contribution in [1.29, 1.82) is 0 Å². The van der Waals surface area contributed by atoms with Gasteiger partial charge in [0.1, 0.15) is 0 Å². The van der Waals surface area contributed by atoms with Crippen LogP contribution in [0, 0.1) is 0 Å². The van der Waals surface area contributed by atoms with E-state index < -0.39 is 6.08 Å². The van der Waals surface area contributed by atoms with Crippen LogP contribution in [0.4, 0.5) is 8.78 Å². The maximum atomic E-state index is 11.5. The molecule has 0 unspecified atom stereocenters. The van der Waals surface area contributed by atoms with Gasteiger partial charge in [0.05, 0.1) is 0 Å². The number of primary amides is 1. The Morgan fingerprint density at radius 3 is 2.42 bits per heavy atom. The van der Waals surface area contributed by atoms with E-state index in [-0.39, 0.29) is 5.91 Å². The van der Waals surface area contributed by atoms with E-state index in [0.717, 1.165) is 12.5 Å². The number of carbonyl (C=O) groups is 1. The minimum Gasteiger partial charge on any atom is -0.370 e. The van der Waals surface area contributed by atoms with E-state index in [1.807, 2.05) is 0 Å². The minimum atomic E-state index is -1.63. The molecule has 0 atom stereocenters. The van der Waals surface area contributed by atoms with Crippen molar-refractivity contribution in [1.82, 2.24) is 0 Å². The molecule has 1 amide bonds. The number of nitrogens with two attached hydrogens (primary N) is 1. The summed E-state index contributed by atoms with van der Waals surface area (Å²) in [5, 5.41) is 0. The molecule has 0 aromatic carbocycles. The van der Waals surface area contributed by atoms with Crippen LogP contribution in [0.1, 0.15) is 32.1 Å². The van der Waals surface area contributed by atoms with Crippen molar-refractivity contribution in [2.75, 3.05) is 0 Å². The highest BCUT2D eigenvalue weighted by Crippen LogP contribution is 2.06. The van der Waals surface area contributed by atoms with Gasteiger partial charge in [0.2, 0.25) is 5.91 Å². The highest BCUT2D eigenvalue weighted by molar-refractivity contribution is 5.73. The highest BCUT2D eigenvalue weighted by atomic mass is 19.3. The third-order valence-electron chi connectivity index (χ3n) is 1.43. The summed E-state index contributed by atoms with van der Waals surface area (Å²) in [6.45, 7) is 0. The monoisotopic (exact) mass is 177 g/mol. The second kappa shape index (κ2) is 6.76. The van der Waals surface area contributed by atoms with E-state index >= 15 is 0 Å². The summed E-state index contributed by atoms with van der Waals surface area (Å²) >= 11 is 0. The number of hydrogen-bond donors (Lipinski definition) is 1. The largest absolute Gasteiger partial charge is 0.370 e. The zero-order chi connectivity index (χ0) is 9.40. The molecule has 2 nitrogen and oxygen atoms in total. The van der Waals surface area contributed by atoms with Gasteiger partial charge in [0.15, 0.2) is 0 Å². The van der Waals surface area contributed by atoms with Crippen LogP contribution in [-0.4, -0.2) is 5.91 Å². The number of allylic oxidation sites excluding steroid dienone is 1. The molecule has 0 aliphatic rings. The van der Waals surface area contributed by atoms with E-state index in [0.29, 0.717) is 25.7 Å². The zero-order valence-corrected chi connectivity index (χ0v) is 6.85. The molecule has 0 heterocycles. The smallest absolute Gasteiger partial charge is 0.266 e. The molecule has 0 rings (SSSR count). The molecular weight excluding hydrogens is 164 g/mol. The molecule has 2 N–H and O–H groups in total. The van der Waals surface area contributed by atoms with Gasteiger partial charge in [-0.15, -0.1) is 0 Å². The molecule has 4 heteroatoms. The summed E-state index contributed by atoms with van der Waals surface area (Å²) in [5.74, 6) is -0.331. The normalized spacial score (nSPS) is 9.50. The quantitative estimate of drug-likeness (QED) is 0.621. The van der Waals surface area contributed by atoms with E-state index in [9.17, 15) is 13.6 Å². The van der Waals surface area contributed by atoms with E-state index in [4.69, 9.17) is 5.73 Å². The van der Waals surface area contributed by atoms with Gasteiger partial charge in [0.25, 0.3) is 6.08 Å². The summed E-state index contributed by atoms with van der Waals surface area (Å²) in [5.41, 5.74) is 4.88. The zero-order valence-electron chi connectivity index (χ0n) is 6.85. The lowest BCUT2D eigenvalue weighted by molar-refractivity contribution is -0.118. The summed E-state index contributed by atoms with van der Waals surface area (Å²) < 4.78 is 22.9. The maximum Gasteiger partial charge on any atom is 0.266 e. The Bertz CT molecular complexity index is 164. The number of rotatable bonds is 6. The lowest BCUT2D eigenvalue weighted by Crippen LogP contribution is -2.09. The van der Waals surface area contributed by atoms with Gasteiger partial charge in [-0.05, 0) is 25.3 Å². The Kier molecular flexibility index (Phi) is 6.24. The van der Waals surface area contributed by atoms with Gasteiger partial charge >= 0.3 is 0 Å². The predicted octanol–water partition coefficient (Wildman–Crippen LogP) is 2.20. The van der Waals surface area contributed by atoms with E-state index in [1.165, 1.54) is 0 Å². The van der Waals surface area contributed by atoms with Crippen molar-refractivity contribution in [3.05, 3.63) is 12.2 Å². The van der Waals surface area contributed by atoms with Crippen LogP contribution in [0.15, 0.2) is 12.2 Å². The van der Waals surface area contributed by atoms with Crippen molar-refractivity contribution < 1.29 is 13.6 Å². The van der Waals surface area contributed by atoms with Gasteiger partial charge in [-0.3, -0.25) is 4.79 Å². The average Bonchev–Trinajstić information content (AvgIpc) is 1.95. The fourth-order valence-corrected chi connectivity index (χ4v) is 0.832. The molecule has 70 valence electrons. The summed E-state index contributed by atoms with van der Waals surface area (Å²) in [6.07, 6.45) is 2.13. The summed E-state index contributed by atoms with van der Waals surface area (Å²) in [6, 6.07) is 0. The van der Waals surface area contributed by atoms with Gasteiger partial charge in [-0.25, -0.2) is 0 Å². The van der Waals surface area contributed by atoms with Crippen molar-refractivity contribution in [2.45, 2.75) is 32.1 Å². The van der Waals surface area contributed by atoms with Gasteiger partial charge < -0.3 is 5.73 Å². The average molecular weight is 177 g/mol. The first-order valence-corrected chi connectivity index (χ1v) is 3.92. The Balaban J connectivity index is 3.11. The van der Waals surface area contributed by atoms with Crippen LogP contribution >= 0.6 is 0 Å². The lowest BCUT2D eigenvalue weighted by Gasteiger charge is -1.94. The molecule has 0 bridgehead atoms.